The summed E-state index contributed by atoms with van der Waals surface area (Å²) in [6.45, 7) is 6.63. The van der Waals surface area contributed by atoms with Gasteiger partial charge in [0.2, 0.25) is 15.9 Å². The summed E-state index contributed by atoms with van der Waals surface area (Å²) in [6, 6.07) is 8.67. The molecule has 1 N–H and O–H groups in total. The summed E-state index contributed by atoms with van der Waals surface area (Å²) in [5, 5.41) is -0.701. The number of benzene rings is 2. The Morgan fingerprint density at radius 2 is 1.92 bits per heavy atom. The third-order valence-electron chi connectivity index (χ3n) is 13.0. The van der Waals surface area contributed by atoms with Crippen molar-refractivity contribution < 1.29 is 31.9 Å². The second-order valence-corrected chi connectivity index (χ2v) is 18.3. The largest absolute Gasteiger partial charge is 0.490 e. The number of anilines is 1. The molecule has 1 spiro atoms. The average Bonchev–Trinajstić information content (AvgIpc) is 3.58. The summed E-state index contributed by atoms with van der Waals surface area (Å²) >= 11 is 6.26. The molecule has 0 unspecified atom stereocenters. The predicted molar refractivity (Wildman–Crippen MR) is 193 cm³/mol. The molecule has 9 nitrogen and oxygen atoms in total. The van der Waals surface area contributed by atoms with Gasteiger partial charge in [0.25, 0.3) is 5.91 Å². The van der Waals surface area contributed by atoms with Crippen LogP contribution in [0, 0.1) is 29.5 Å². The van der Waals surface area contributed by atoms with Gasteiger partial charge < -0.3 is 19.3 Å². The normalized spacial score (nSPS) is 32.7. The van der Waals surface area contributed by atoms with E-state index in [2.05, 4.69) is 15.7 Å². The molecule has 4 bridgehead atoms. The summed E-state index contributed by atoms with van der Waals surface area (Å²) in [7, 11) is -4.00. The highest BCUT2D eigenvalue weighted by Crippen LogP contribution is 2.50. The number of ether oxygens (including phenoxy) is 2. The maximum Gasteiger partial charge on any atom is 0.264 e. The first-order valence-electron chi connectivity index (χ1n) is 18.6. The minimum atomic E-state index is -4.00. The Morgan fingerprint density at radius 1 is 1.14 bits per heavy atom. The van der Waals surface area contributed by atoms with Gasteiger partial charge in [-0.1, -0.05) is 30.7 Å². The Labute approximate surface area is 304 Å². The maximum absolute atomic E-state index is 15.5. The zero-order chi connectivity index (χ0) is 35.7. The Morgan fingerprint density at radius 3 is 2.67 bits per heavy atom. The van der Waals surface area contributed by atoms with Crippen LogP contribution in [0.15, 0.2) is 42.0 Å². The van der Waals surface area contributed by atoms with Crippen molar-refractivity contribution in [2.75, 3.05) is 44.3 Å². The van der Waals surface area contributed by atoms with Crippen LogP contribution < -0.4 is 14.4 Å². The van der Waals surface area contributed by atoms with E-state index < -0.39 is 26.6 Å². The molecule has 1 saturated heterocycles. The molecule has 12 heteroatoms. The zero-order valence-electron chi connectivity index (χ0n) is 29.3. The third kappa shape index (κ3) is 6.24. The Bertz CT molecular complexity index is 1880. The van der Waals surface area contributed by atoms with Gasteiger partial charge in [-0.2, -0.15) is 0 Å². The van der Waals surface area contributed by atoms with E-state index in [0.29, 0.717) is 49.5 Å². The monoisotopic (exact) mass is 739 g/mol. The molecule has 4 aliphatic heterocycles. The molecule has 2 aromatic carbocycles. The fourth-order valence-corrected chi connectivity index (χ4v) is 11.0. The molecule has 51 heavy (non-hydrogen) atoms. The number of hydrogen-bond acceptors (Lipinski definition) is 7. The fraction of sp³-hybridized carbons (Fsp3) is 0.590. The van der Waals surface area contributed by atoms with Gasteiger partial charge in [-0.05, 0) is 123 Å². The van der Waals surface area contributed by atoms with Gasteiger partial charge >= 0.3 is 0 Å². The Balaban J connectivity index is 1.18. The van der Waals surface area contributed by atoms with Crippen molar-refractivity contribution in [3.8, 4) is 5.75 Å². The first kappa shape index (κ1) is 34.9. The molecule has 274 valence electrons. The van der Waals surface area contributed by atoms with Crippen molar-refractivity contribution in [3.63, 3.8) is 0 Å². The summed E-state index contributed by atoms with van der Waals surface area (Å²) in [6.07, 6.45) is 8.73. The second kappa shape index (κ2) is 13.4. The van der Waals surface area contributed by atoms with Gasteiger partial charge in [0, 0.05) is 37.2 Å². The van der Waals surface area contributed by atoms with E-state index in [4.69, 9.17) is 21.1 Å². The zero-order valence-corrected chi connectivity index (χ0v) is 30.9. The standard InChI is InChI=1S/C39H47ClFN3O6S/c1-23-24(2)51(47,48)42-38(46)25-8-12-34-33(18-25)44(21-39(22-50-34)13-5-6-30-31(39)10-11-32(40)36(30)41)19-26-7-9-29(26)37(28-16-27(23)17-28)49-20-35(45)43-14-3-4-15-43/h8,10-12,16,18,23-24,26-27,29,37H,3-7,9,13-15,17,19-22H2,1-2H3,(H,42,46)/t23-,24-,26+,27+,29-,37+,39+/m1/s1. The lowest BCUT2D eigenvalue weighted by molar-refractivity contribution is -0.139. The number of halogens is 2. The van der Waals surface area contributed by atoms with Crippen LogP contribution in [0.4, 0.5) is 10.1 Å². The van der Waals surface area contributed by atoms with Crippen molar-refractivity contribution in [1.29, 1.82) is 0 Å². The van der Waals surface area contributed by atoms with E-state index in [-0.39, 0.29) is 58.7 Å². The second-order valence-electron chi connectivity index (χ2n) is 15.8. The first-order valence-corrected chi connectivity index (χ1v) is 20.5. The number of likely N-dealkylation sites (tertiary alicyclic amines) is 1. The molecule has 1 saturated carbocycles. The minimum absolute atomic E-state index is 0.0160. The van der Waals surface area contributed by atoms with Crippen molar-refractivity contribution >= 4 is 39.1 Å². The van der Waals surface area contributed by atoms with E-state index in [1.165, 1.54) is 0 Å². The van der Waals surface area contributed by atoms with Crippen molar-refractivity contribution in [1.82, 2.24) is 9.62 Å². The lowest BCUT2D eigenvalue weighted by Gasteiger charge is -2.48. The molecular formula is C39H47ClFN3O6S. The number of allylic oxidation sites excluding steroid dienone is 1. The van der Waals surface area contributed by atoms with Gasteiger partial charge in [-0.15, -0.1) is 0 Å². The highest BCUT2D eigenvalue weighted by molar-refractivity contribution is 7.90. The van der Waals surface area contributed by atoms with Crippen LogP contribution in [0.2, 0.25) is 5.02 Å². The average molecular weight is 740 g/mol. The van der Waals surface area contributed by atoms with Crippen LogP contribution in [0.25, 0.3) is 0 Å². The van der Waals surface area contributed by atoms with E-state index in [9.17, 15) is 18.0 Å². The first-order chi connectivity index (χ1) is 24.4. The van der Waals surface area contributed by atoms with E-state index in [1.807, 2.05) is 17.9 Å². The summed E-state index contributed by atoms with van der Waals surface area (Å²) in [4.78, 5) is 30.9. The smallest absolute Gasteiger partial charge is 0.264 e. The summed E-state index contributed by atoms with van der Waals surface area (Å²) in [5.74, 6) is -0.257. The van der Waals surface area contributed by atoms with E-state index in [1.54, 1.807) is 31.2 Å². The van der Waals surface area contributed by atoms with E-state index in [0.717, 1.165) is 62.8 Å². The number of rotatable bonds is 3. The van der Waals surface area contributed by atoms with Crippen molar-refractivity contribution in [2.24, 2.45) is 23.7 Å². The number of fused-ring (bicyclic) bond motifs is 6. The van der Waals surface area contributed by atoms with Crippen molar-refractivity contribution in [3.05, 3.63) is 69.5 Å². The van der Waals surface area contributed by atoms with Gasteiger partial charge in [-0.25, -0.2) is 17.5 Å². The molecule has 0 aromatic heterocycles. The maximum atomic E-state index is 15.5. The van der Waals surface area contributed by atoms with Crippen LogP contribution in [0.3, 0.4) is 0 Å². The van der Waals surface area contributed by atoms with Crippen LogP contribution in [0.5, 0.6) is 5.75 Å². The molecule has 2 amide bonds. The third-order valence-corrected chi connectivity index (χ3v) is 15.1. The van der Waals surface area contributed by atoms with Gasteiger partial charge in [0.15, 0.2) is 0 Å². The summed E-state index contributed by atoms with van der Waals surface area (Å²) in [5.41, 5.74) is 3.08. The molecule has 9 rings (SSSR count). The fourth-order valence-electron chi connectivity index (χ4n) is 9.49. The molecule has 7 atom stereocenters. The number of nitrogens with zero attached hydrogens (tertiary/aromatic N) is 2. The van der Waals surface area contributed by atoms with E-state index >= 15 is 4.39 Å². The lowest BCUT2D eigenvalue weighted by Crippen LogP contribution is -2.51. The van der Waals surface area contributed by atoms with Crippen molar-refractivity contribution in [2.45, 2.75) is 82.0 Å². The highest BCUT2D eigenvalue weighted by Gasteiger charge is 2.48. The molecular weight excluding hydrogens is 693 g/mol. The van der Waals surface area contributed by atoms with Crippen LogP contribution in [-0.4, -0.2) is 75.9 Å². The molecule has 4 heterocycles. The van der Waals surface area contributed by atoms with Gasteiger partial charge in [0.05, 0.1) is 28.7 Å². The lowest BCUT2D eigenvalue weighted by atomic mass is 9.64. The Hall–Kier alpha value is -3.15. The number of carbonyl (C=O) groups is 2. The number of amides is 2. The molecule has 0 radical (unpaired) electrons. The van der Waals surface area contributed by atoms with Crippen LogP contribution >= 0.6 is 11.6 Å². The topological polar surface area (TPSA) is 105 Å². The number of sulfonamides is 1. The molecule has 2 aromatic rings. The number of hydrogen-bond donors (Lipinski definition) is 1. The molecule has 3 aliphatic carbocycles. The van der Waals surface area contributed by atoms with Crippen LogP contribution in [0.1, 0.15) is 80.3 Å². The minimum Gasteiger partial charge on any atom is -0.490 e. The Kier molecular flexibility index (Phi) is 9.15. The number of nitrogens with one attached hydrogen (secondary N) is 1. The molecule has 7 aliphatic rings. The predicted octanol–water partition coefficient (Wildman–Crippen LogP) is 6.03. The summed E-state index contributed by atoms with van der Waals surface area (Å²) < 4.78 is 58.1. The van der Waals surface area contributed by atoms with Crippen LogP contribution in [-0.2, 0) is 31.4 Å². The highest BCUT2D eigenvalue weighted by atomic mass is 35.5. The van der Waals surface area contributed by atoms with Gasteiger partial charge in [-0.3, -0.25) is 9.59 Å². The quantitative estimate of drug-likeness (QED) is 0.384. The van der Waals surface area contributed by atoms with Gasteiger partial charge in [0.1, 0.15) is 18.2 Å². The SMILES string of the molecule is C[C@@H]1[C@@H](C)S(=O)(=O)NC(=O)c2ccc3c(c2)N(C[C@@H]2CC[C@H]2[C@@H](OCC(=O)N2CCCC2)C2=C[C@H]1C2)C[C@@]1(CCCc2c1ccc(Cl)c2F)CO3. The number of carbonyl (C=O) groups excluding carboxylic acids is 2. The molecule has 2 fully saturated rings.